The first-order valence-corrected chi connectivity index (χ1v) is 7.69. The molecule has 1 aliphatic rings. The van der Waals surface area contributed by atoms with Crippen molar-refractivity contribution in [2.75, 3.05) is 33.7 Å². The quantitative estimate of drug-likeness (QED) is 0.941. The van der Waals surface area contributed by atoms with E-state index in [4.69, 9.17) is 0 Å². The van der Waals surface area contributed by atoms with Crippen LogP contribution in [0.5, 0.6) is 0 Å². The Hall–Kier alpha value is -2.14. The van der Waals surface area contributed by atoms with Crippen LogP contribution in [0.4, 0.5) is 0 Å². The normalized spacial score (nSPS) is 15.8. The number of nitrogens with zero attached hydrogens (tertiary/aromatic N) is 3. The molecule has 5 nitrogen and oxygen atoms in total. The van der Waals surface area contributed by atoms with E-state index < -0.39 is 0 Å². The molecule has 2 aromatic rings. The monoisotopic (exact) mass is 298 g/mol. The van der Waals surface area contributed by atoms with Gasteiger partial charge >= 0.3 is 0 Å². The average molecular weight is 298 g/mol. The zero-order valence-electron chi connectivity index (χ0n) is 13.2. The summed E-state index contributed by atoms with van der Waals surface area (Å²) < 4.78 is 0. The van der Waals surface area contributed by atoms with Gasteiger partial charge in [-0.05, 0) is 24.1 Å². The highest BCUT2D eigenvalue weighted by Gasteiger charge is 2.16. The molecule has 0 fully saturated rings. The molecule has 22 heavy (non-hydrogen) atoms. The molecule has 0 spiro atoms. The first-order valence-electron chi connectivity index (χ1n) is 7.69. The number of hydrogen-bond donors (Lipinski definition) is 1. The van der Waals surface area contributed by atoms with Gasteiger partial charge in [-0.15, -0.1) is 0 Å². The van der Waals surface area contributed by atoms with Gasteiger partial charge in [-0.2, -0.15) is 0 Å². The number of rotatable bonds is 4. The third-order valence-corrected chi connectivity index (χ3v) is 4.23. The van der Waals surface area contributed by atoms with Gasteiger partial charge in [0.2, 0.25) is 5.91 Å². The second-order valence-electron chi connectivity index (χ2n) is 5.92. The Labute approximate surface area is 130 Å². The minimum Gasteiger partial charge on any atom is -0.349 e. The van der Waals surface area contributed by atoms with Crippen molar-refractivity contribution in [2.24, 2.45) is 0 Å². The number of aromatic amines is 1. The second-order valence-corrected chi connectivity index (χ2v) is 5.92. The zero-order chi connectivity index (χ0) is 15.5. The predicted molar refractivity (Wildman–Crippen MR) is 88.4 cm³/mol. The number of fused-ring (bicyclic) bond motifs is 1. The summed E-state index contributed by atoms with van der Waals surface area (Å²) in [5, 5.41) is 1.19. The summed E-state index contributed by atoms with van der Waals surface area (Å²) in [6, 6.07) is 4.08. The molecular formula is C17H22N4O. The topological polar surface area (TPSA) is 52.2 Å². The molecule has 1 N–H and O–H groups in total. The highest BCUT2D eigenvalue weighted by molar-refractivity contribution is 5.90. The van der Waals surface area contributed by atoms with Crippen LogP contribution in [-0.2, 0) is 4.79 Å². The van der Waals surface area contributed by atoms with E-state index in [9.17, 15) is 4.79 Å². The van der Waals surface area contributed by atoms with Crippen LogP contribution in [0, 0.1) is 0 Å². The Balaban J connectivity index is 1.65. The number of hydrogen-bond acceptors (Lipinski definition) is 3. The second kappa shape index (κ2) is 6.32. The summed E-state index contributed by atoms with van der Waals surface area (Å²) in [4.78, 5) is 23.2. The number of pyridine rings is 1. The maximum Gasteiger partial charge on any atom is 0.223 e. The maximum atomic E-state index is 11.7. The van der Waals surface area contributed by atoms with E-state index in [2.05, 4.69) is 33.2 Å². The van der Waals surface area contributed by atoms with Gasteiger partial charge in [0.25, 0.3) is 0 Å². The minimum atomic E-state index is 0.192. The molecule has 0 aromatic carbocycles. The van der Waals surface area contributed by atoms with Gasteiger partial charge in [0.15, 0.2) is 0 Å². The van der Waals surface area contributed by atoms with Crippen LogP contribution in [0.15, 0.2) is 30.6 Å². The van der Waals surface area contributed by atoms with Gasteiger partial charge < -0.3 is 9.88 Å². The van der Waals surface area contributed by atoms with Crippen LogP contribution in [0.25, 0.3) is 16.6 Å². The lowest BCUT2D eigenvalue weighted by atomic mass is 9.99. The van der Waals surface area contributed by atoms with Crippen molar-refractivity contribution in [1.29, 1.82) is 0 Å². The molecule has 3 rings (SSSR count). The molecule has 0 radical (unpaired) electrons. The van der Waals surface area contributed by atoms with Crippen molar-refractivity contribution >= 4 is 22.5 Å². The van der Waals surface area contributed by atoms with Crippen molar-refractivity contribution in [1.82, 2.24) is 19.8 Å². The largest absolute Gasteiger partial charge is 0.349 e. The Morgan fingerprint density at radius 2 is 2.32 bits per heavy atom. The molecule has 2 aromatic heterocycles. The van der Waals surface area contributed by atoms with Gasteiger partial charge in [0.05, 0.1) is 0 Å². The summed E-state index contributed by atoms with van der Waals surface area (Å²) >= 11 is 0. The highest BCUT2D eigenvalue weighted by Crippen LogP contribution is 2.28. The van der Waals surface area contributed by atoms with E-state index in [0.717, 1.165) is 31.7 Å². The van der Waals surface area contributed by atoms with Crippen molar-refractivity contribution in [3.05, 3.63) is 36.2 Å². The highest BCUT2D eigenvalue weighted by atomic mass is 16.2. The lowest BCUT2D eigenvalue weighted by Crippen LogP contribution is -2.33. The molecule has 116 valence electrons. The summed E-state index contributed by atoms with van der Waals surface area (Å²) in [5.41, 5.74) is 3.57. The number of carbonyl (C=O) groups excluding carboxylic acids is 1. The van der Waals surface area contributed by atoms with Crippen molar-refractivity contribution in [3.8, 4) is 0 Å². The van der Waals surface area contributed by atoms with Crippen molar-refractivity contribution in [2.45, 2.75) is 12.8 Å². The molecule has 5 heteroatoms. The average Bonchev–Trinajstić information content (AvgIpc) is 2.97. The summed E-state index contributed by atoms with van der Waals surface area (Å²) in [6.45, 7) is 2.73. The van der Waals surface area contributed by atoms with Crippen LogP contribution in [0.2, 0.25) is 0 Å². The standard InChI is InChI=1S/C17H22N4O/c1-20(2)16(22)7-11-21-9-5-13(6-10-21)15-12-19-17-14(15)4-3-8-18-17/h3-5,8,12H,6-7,9-11H2,1-2H3,(H,18,19). The molecule has 1 amide bonds. The van der Waals surface area contributed by atoms with E-state index in [1.165, 1.54) is 16.5 Å². The fourth-order valence-corrected chi connectivity index (χ4v) is 2.86. The zero-order valence-corrected chi connectivity index (χ0v) is 13.2. The Morgan fingerprint density at radius 1 is 1.45 bits per heavy atom. The first kappa shape index (κ1) is 14.8. The van der Waals surface area contributed by atoms with E-state index in [-0.39, 0.29) is 5.91 Å². The molecular weight excluding hydrogens is 276 g/mol. The Kier molecular flexibility index (Phi) is 4.24. The smallest absolute Gasteiger partial charge is 0.223 e. The van der Waals surface area contributed by atoms with Crippen LogP contribution < -0.4 is 0 Å². The molecule has 0 saturated heterocycles. The van der Waals surface area contributed by atoms with Gasteiger partial charge in [0.1, 0.15) is 5.65 Å². The molecule has 3 heterocycles. The van der Waals surface area contributed by atoms with Crippen LogP contribution in [0.1, 0.15) is 18.4 Å². The van der Waals surface area contributed by atoms with Gasteiger partial charge in [0, 0.05) is 63.5 Å². The third-order valence-electron chi connectivity index (χ3n) is 4.23. The fourth-order valence-electron chi connectivity index (χ4n) is 2.86. The molecule has 0 bridgehead atoms. The SMILES string of the molecule is CN(C)C(=O)CCN1CC=C(c2c[nH]c3ncccc23)CC1. The maximum absolute atomic E-state index is 11.7. The Morgan fingerprint density at radius 3 is 3.05 bits per heavy atom. The summed E-state index contributed by atoms with van der Waals surface area (Å²) in [6.07, 6.45) is 7.74. The van der Waals surface area contributed by atoms with Gasteiger partial charge in [-0.25, -0.2) is 4.98 Å². The number of nitrogens with one attached hydrogen (secondary N) is 1. The molecule has 0 aliphatic carbocycles. The molecule has 1 aliphatic heterocycles. The lowest BCUT2D eigenvalue weighted by Gasteiger charge is -2.26. The summed E-state index contributed by atoms with van der Waals surface area (Å²) in [5.74, 6) is 0.192. The fraction of sp³-hybridized carbons (Fsp3) is 0.412. The number of carbonyl (C=O) groups is 1. The van der Waals surface area contributed by atoms with E-state index in [0.29, 0.717) is 6.42 Å². The van der Waals surface area contributed by atoms with Gasteiger partial charge in [-0.1, -0.05) is 6.08 Å². The minimum absolute atomic E-state index is 0.192. The molecule has 0 atom stereocenters. The van der Waals surface area contributed by atoms with E-state index in [1.54, 1.807) is 11.1 Å². The van der Waals surface area contributed by atoms with Crippen molar-refractivity contribution in [3.63, 3.8) is 0 Å². The van der Waals surface area contributed by atoms with Crippen LogP contribution in [-0.4, -0.2) is 59.4 Å². The van der Waals surface area contributed by atoms with Crippen LogP contribution >= 0.6 is 0 Å². The number of amides is 1. The lowest BCUT2D eigenvalue weighted by molar-refractivity contribution is -0.129. The third kappa shape index (κ3) is 3.04. The Bertz CT molecular complexity index is 702. The summed E-state index contributed by atoms with van der Waals surface area (Å²) in [7, 11) is 3.61. The number of H-pyrrole nitrogens is 1. The van der Waals surface area contributed by atoms with Crippen LogP contribution in [0.3, 0.4) is 0 Å². The molecule has 0 unspecified atom stereocenters. The predicted octanol–water partition coefficient (Wildman–Crippen LogP) is 2.13. The van der Waals surface area contributed by atoms with E-state index in [1.807, 2.05) is 20.2 Å². The first-order chi connectivity index (χ1) is 10.6. The molecule has 0 saturated carbocycles. The van der Waals surface area contributed by atoms with E-state index >= 15 is 0 Å². The number of aromatic nitrogens is 2. The van der Waals surface area contributed by atoms with Crippen molar-refractivity contribution < 1.29 is 4.79 Å². The van der Waals surface area contributed by atoms with Gasteiger partial charge in [-0.3, -0.25) is 9.69 Å².